The third-order valence-corrected chi connectivity index (χ3v) is 6.19. The smallest absolute Gasteiger partial charge is 0.227 e. The van der Waals surface area contributed by atoms with Crippen molar-refractivity contribution in [3.63, 3.8) is 0 Å². The Labute approximate surface area is 184 Å². The highest BCUT2D eigenvalue weighted by atomic mass is 16.1. The van der Waals surface area contributed by atoms with Gasteiger partial charge in [-0.3, -0.25) is 4.79 Å². The van der Waals surface area contributed by atoms with Crippen molar-refractivity contribution in [2.24, 2.45) is 5.92 Å². The Bertz CT molecular complexity index is 1060. The maximum atomic E-state index is 12.9. The van der Waals surface area contributed by atoms with Gasteiger partial charge in [0, 0.05) is 30.3 Å². The van der Waals surface area contributed by atoms with Gasteiger partial charge in [-0.1, -0.05) is 42.0 Å². The molecular formula is C26H30N4O. The van der Waals surface area contributed by atoms with Gasteiger partial charge in [-0.2, -0.15) is 0 Å². The van der Waals surface area contributed by atoms with Crippen LogP contribution in [0.25, 0.3) is 11.3 Å². The SMILES string of the molecule is Cc1cc(C)c(NC(=O)C2CCN(c3ccc(-c4ccccc4C)nn3)CC2)c(C)c1. The van der Waals surface area contributed by atoms with E-state index >= 15 is 0 Å². The maximum Gasteiger partial charge on any atom is 0.227 e. The summed E-state index contributed by atoms with van der Waals surface area (Å²) in [5.74, 6) is 1.02. The molecule has 0 saturated carbocycles. The number of aromatic nitrogens is 2. The Morgan fingerprint density at radius 3 is 2.19 bits per heavy atom. The Morgan fingerprint density at radius 2 is 1.58 bits per heavy atom. The van der Waals surface area contributed by atoms with Gasteiger partial charge in [0.2, 0.25) is 5.91 Å². The van der Waals surface area contributed by atoms with Crippen LogP contribution in [0.5, 0.6) is 0 Å². The number of nitrogens with one attached hydrogen (secondary N) is 1. The van der Waals surface area contributed by atoms with E-state index in [0.717, 1.165) is 59.8 Å². The summed E-state index contributed by atoms with van der Waals surface area (Å²) in [6, 6.07) is 16.5. The molecule has 0 atom stereocenters. The van der Waals surface area contributed by atoms with E-state index in [1.807, 2.05) is 24.3 Å². The molecule has 0 radical (unpaired) electrons. The van der Waals surface area contributed by atoms with Crippen LogP contribution >= 0.6 is 0 Å². The van der Waals surface area contributed by atoms with Crippen LogP contribution in [0.2, 0.25) is 0 Å². The average Bonchev–Trinajstić information content (AvgIpc) is 2.77. The minimum Gasteiger partial charge on any atom is -0.355 e. The topological polar surface area (TPSA) is 58.1 Å². The second-order valence-electron chi connectivity index (χ2n) is 8.62. The van der Waals surface area contributed by atoms with Gasteiger partial charge in [-0.25, -0.2) is 0 Å². The van der Waals surface area contributed by atoms with Crippen molar-refractivity contribution in [1.82, 2.24) is 10.2 Å². The van der Waals surface area contributed by atoms with Gasteiger partial charge in [-0.05, 0) is 69.4 Å². The van der Waals surface area contributed by atoms with Gasteiger partial charge in [-0.15, -0.1) is 10.2 Å². The average molecular weight is 415 g/mol. The molecular weight excluding hydrogens is 384 g/mol. The molecule has 5 nitrogen and oxygen atoms in total. The van der Waals surface area contributed by atoms with Gasteiger partial charge in [0.1, 0.15) is 0 Å². The predicted octanol–water partition coefficient (Wildman–Crippen LogP) is 5.23. The molecule has 31 heavy (non-hydrogen) atoms. The van der Waals surface area contributed by atoms with E-state index in [2.05, 4.69) is 72.4 Å². The van der Waals surface area contributed by atoms with Crippen LogP contribution < -0.4 is 10.2 Å². The number of carbonyl (C=O) groups is 1. The Hall–Kier alpha value is -3.21. The molecule has 1 aromatic heterocycles. The second-order valence-corrected chi connectivity index (χ2v) is 8.62. The van der Waals surface area contributed by atoms with Gasteiger partial charge in [0.15, 0.2) is 5.82 Å². The monoisotopic (exact) mass is 414 g/mol. The minimum absolute atomic E-state index is 0.0237. The normalized spacial score (nSPS) is 14.5. The van der Waals surface area contributed by atoms with Crippen molar-refractivity contribution in [3.8, 4) is 11.3 Å². The number of aryl methyl sites for hydroxylation is 4. The zero-order chi connectivity index (χ0) is 22.0. The van der Waals surface area contributed by atoms with E-state index in [4.69, 9.17) is 0 Å². The van der Waals surface area contributed by atoms with Gasteiger partial charge in [0.05, 0.1) is 5.69 Å². The number of piperidine rings is 1. The predicted molar refractivity (Wildman–Crippen MR) is 126 cm³/mol. The van der Waals surface area contributed by atoms with E-state index in [-0.39, 0.29) is 11.8 Å². The first-order chi connectivity index (χ1) is 14.9. The summed E-state index contributed by atoms with van der Waals surface area (Å²) in [6.45, 7) is 9.89. The van der Waals surface area contributed by atoms with E-state index in [1.165, 1.54) is 11.1 Å². The lowest BCUT2D eigenvalue weighted by Crippen LogP contribution is -2.38. The van der Waals surface area contributed by atoms with Crippen LogP contribution in [0.15, 0.2) is 48.5 Å². The molecule has 2 heterocycles. The Balaban J connectivity index is 1.37. The lowest BCUT2D eigenvalue weighted by Gasteiger charge is -2.32. The minimum atomic E-state index is 0.0237. The number of hydrogen-bond acceptors (Lipinski definition) is 4. The lowest BCUT2D eigenvalue weighted by atomic mass is 9.95. The van der Waals surface area contributed by atoms with Crippen LogP contribution in [-0.4, -0.2) is 29.2 Å². The third kappa shape index (κ3) is 4.61. The Kier molecular flexibility index (Phi) is 6.03. The molecule has 0 aliphatic carbocycles. The van der Waals surface area contributed by atoms with Gasteiger partial charge < -0.3 is 10.2 Å². The number of hydrogen-bond donors (Lipinski definition) is 1. The molecule has 4 rings (SSSR count). The molecule has 1 fully saturated rings. The first kappa shape index (κ1) is 21.0. The lowest BCUT2D eigenvalue weighted by molar-refractivity contribution is -0.120. The van der Waals surface area contributed by atoms with Crippen molar-refractivity contribution >= 4 is 17.4 Å². The van der Waals surface area contributed by atoms with Crippen molar-refractivity contribution in [2.75, 3.05) is 23.3 Å². The standard InChI is InChI=1S/C26H30N4O/c1-17-15-19(3)25(20(4)16-17)27-26(31)21-11-13-30(14-12-21)24-10-9-23(28-29-24)22-8-6-5-7-18(22)2/h5-10,15-16,21H,11-14H2,1-4H3,(H,27,31). The fourth-order valence-corrected chi connectivity index (χ4v) is 4.47. The summed E-state index contributed by atoms with van der Waals surface area (Å²) < 4.78 is 0. The Morgan fingerprint density at radius 1 is 0.903 bits per heavy atom. The molecule has 1 aliphatic rings. The van der Waals surface area contributed by atoms with Crippen molar-refractivity contribution in [1.29, 1.82) is 0 Å². The third-order valence-electron chi connectivity index (χ3n) is 6.19. The molecule has 5 heteroatoms. The molecule has 160 valence electrons. The first-order valence-corrected chi connectivity index (χ1v) is 11.0. The second kappa shape index (κ2) is 8.88. The highest BCUT2D eigenvalue weighted by Gasteiger charge is 2.26. The highest BCUT2D eigenvalue weighted by molar-refractivity contribution is 5.94. The van der Waals surface area contributed by atoms with Crippen molar-refractivity contribution in [2.45, 2.75) is 40.5 Å². The van der Waals surface area contributed by atoms with Crippen molar-refractivity contribution in [3.05, 3.63) is 70.8 Å². The summed E-state index contributed by atoms with van der Waals surface area (Å²) in [6.07, 6.45) is 1.63. The quantitative estimate of drug-likeness (QED) is 0.635. The number of rotatable bonds is 4. The van der Waals surface area contributed by atoms with Crippen LogP contribution in [0.4, 0.5) is 11.5 Å². The molecule has 2 aromatic carbocycles. The number of carbonyl (C=O) groups excluding carboxylic acids is 1. The van der Waals surface area contributed by atoms with E-state index in [1.54, 1.807) is 0 Å². The molecule has 0 unspecified atom stereocenters. The molecule has 3 aromatic rings. The molecule has 1 aliphatic heterocycles. The molecule has 1 N–H and O–H groups in total. The van der Waals surface area contributed by atoms with E-state index in [9.17, 15) is 4.79 Å². The summed E-state index contributed by atoms with van der Waals surface area (Å²) in [5.41, 5.74) is 7.60. The zero-order valence-corrected chi connectivity index (χ0v) is 18.8. The number of anilines is 2. The fourth-order valence-electron chi connectivity index (χ4n) is 4.47. The largest absolute Gasteiger partial charge is 0.355 e. The number of nitrogens with zero attached hydrogens (tertiary/aromatic N) is 3. The maximum absolute atomic E-state index is 12.9. The molecule has 1 saturated heterocycles. The highest BCUT2D eigenvalue weighted by Crippen LogP contribution is 2.27. The summed E-state index contributed by atoms with van der Waals surface area (Å²) in [5, 5.41) is 12.1. The summed E-state index contributed by atoms with van der Waals surface area (Å²) in [7, 11) is 0. The molecule has 1 amide bonds. The van der Waals surface area contributed by atoms with Gasteiger partial charge >= 0.3 is 0 Å². The van der Waals surface area contributed by atoms with Crippen molar-refractivity contribution < 1.29 is 4.79 Å². The van der Waals surface area contributed by atoms with Crippen LogP contribution in [0.1, 0.15) is 35.1 Å². The number of benzene rings is 2. The summed E-state index contributed by atoms with van der Waals surface area (Å²) >= 11 is 0. The molecule has 0 spiro atoms. The number of amides is 1. The fraction of sp³-hybridized carbons (Fsp3) is 0.346. The summed E-state index contributed by atoms with van der Waals surface area (Å²) in [4.78, 5) is 15.1. The van der Waals surface area contributed by atoms with E-state index in [0.29, 0.717) is 0 Å². The zero-order valence-electron chi connectivity index (χ0n) is 18.8. The van der Waals surface area contributed by atoms with Crippen LogP contribution in [0, 0.1) is 33.6 Å². The van der Waals surface area contributed by atoms with Crippen LogP contribution in [0.3, 0.4) is 0 Å². The molecule has 0 bridgehead atoms. The van der Waals surface area contributed by atoms with Crippen LogP contribution in [-0.2, 0) is 4.79 Å². The van der Waals surface area contributed by atoms with E-state index < -0.39 is 0 Å². The van der Waals surface area contributed by atoms with Gasteiger partial charge in [0.25, 0.3) is 0 Å². The first-order valence-electron chi connectivity index (χ1n) is 11.0.